The minimum Gasteiger partial charge on any atom is -0.465 e. The minimum atomic E-state index is -0.445. The van der Waals surface area contributed by atoms with E-state index in [-0.39, 0.29) is 0 Å². The Morgan fingerprint density at radius 3 is 2.52 bits per heavy atom. The van der Waals surface area contributed by atoms with Gasteiger partial charge in [-0.3, -0.25) is 4.98 Å². The van der Waals surface area contributed by atoms with Crippen LogP contribution in [0.2, 0.25) is 0 Å². The number of ether oxygens (including phenoxy) is 2. The fraction of sp³-hybridized carbons (Fsp3) is 0.188. The van der Waals surface area contributed by atoms with Crippen LogP contribution in [0, 0.1) is 0 Å². The molecular weight excluding hydrogens is 270 g/mol. The third kappa shape index (κ3) is 4.42. The summed E-state index contributed by atoms with van der Waals surface area (Å²) in [4.78, 5) is 27.0. The normalized spacial score (nSPS) is 11.3. The molecule has 5 heteroatoms. The standard InChI is InChI=1S/C16H17NO4/c1-5-12(15(18)20-3)7-6-11(2)14-10-13(8-9-17-14)16(19)21-4/h5-10H,2H2,1,3-4H3/b7-6-,12-5+. The van der Waals surface area contributed by atoms with Gasteiger partial charge in [-0.15, -0.1) is 0 Å². The number of rotatable bonds is 5. The monoisotopic (exact) mass is 287 g/mol. The lowest BCUT2D eigenvalue weighted by Crippen LogP contribution is -2.03. The Balaban J connectivity index is 2.94. The molecule has 0 aliphatic carbocycles. The average molecular weight is 287 g/mol. The van der Waals surface area contributed by atoms with E-state index in [0.29, 0.717) is 22.4 Å². The molecule has 1 rings (SSSR count). The Kier molecular flexibility index (Phi) is 6.07. The first-order valence-corrected chi connectivity index (χ1v) is 6.19. The van der Waals surface area contributed by atoms with Gasteiger partial charge in [-0.25, -0.2) is 9.59 Å². The van der Waals surface area contributed by atoms with Crippen molar-refractivity contribution in [2.24, 2.45) is 0 Å². The minimum absolute atomic E-state index is 0.385. The largest absolute Gasteiger partial charge is 0.465 e. The van der Waals surface area contributed by atoms with E-state index in [0.717, 1.165) is 0 Å². The molecule has 0 aliphatic heterocycles. The molecular formula is C16H17NO4. The first-order valence-electron chi connectivity index (χ1n) is 6.19. The van der Waals surface area contributed by atoms with Gasteiger partial charge in [0.15, 0.2) is 0 Å². The van der Waals surface area contributed by atoms with Crippen LogP contribution >= 0.6 is 0 Å². The van der Waals surface area contributed by atoms with Crippen LogP contribution in [0.15, 0.2) is 48.7 Å². The SMILES string of the molecule is C=C(/C=C\C(=C/C)C(=O)OC)c1cc(C(=O)OC)ccn1. The molecule has 110 valence electrons. The fourth-order valence-electron chi connectivity index (χ4n) is 1.53. The van der Waals surface area contributed by atoms with E-state index < -0.39 is 11.9 Å². The van der Waals surface area contributed by atoms with Crippen LogP contribution in [0.3, 0.4) is 0 Å². The summed E-state index contributed by atoms with van der Waals surface area (Å²) in [5.41, 5.74) is 1.87. The van der Waals surface area contributed by atoms with Crippen LogP contribution in [-0.4, -0.2) is 31.1 Å². The van der Waals surface area contributed by atoms with Gasteiger partial charge in [-0.05, 0) is 30.7 Å². The number of allylic oxidation sites excluding steroid dienone is 3. The number of hydrogen-bond donors (Lipinski definition) is 0. The van der Waals surface area contributed by atoms with E-state index >= 15 is 0 Å². The van der Waals surface area contributed by atoms with Crippen LogP contribution in [0.5, 0.6) is 0 Å². The molecule has 0 aromatic carbocycles. The summed E-state index contributed by atoms with van der Waals surface area (Å²) in [6.07, 6.45) is 6.35. The molecule has 0 fully saturated rings. The lowest BCUT2D eigenvalue weighted by molar-refractivity contribution is -0.135. The highest BCUT2D eigenvalue weighted by atomic mass is 16.5. The van der Waals surface area contributed by atoms with Gasteiger partial charge in [-0.1, -0.05) is 18.7 Å². The average Bonchev–Trinajstić information content (AvgIpc) is 2.54. The molecule has 0 spiro atoms. The van der Waals surface area contributed by atoms with Crippen molar-refractivity contribution in [3.8, 4) is 0 Å². The maximum Gasteiger partial charge on any atom is 0.337 e. The van der Waals surface area contributed by atoms with E-state index in [1.54, 1.807) is 37.3 Å². The van der Waals surface area contributed by atoms with Crippen LogP contribution < -0.4 is 0 Å². The highest BCUT2D eigenvalue weighted by Gasteiger charge is 2.08. The molecule has 0 amide bonds. The molecule has 21 heavy (non-hydrogen) atoms. The van der Waals surface area contributed by atoms with Gasteiger partial charge in [0.05, 0.1) is 31.1 Å². The van der Waals surface area contributed by atoms with Crippen molar-refractivity contribution >= 4 is 17.5 Å². The molecule has 0 N–H and O–H groups in total. The van der Waals surface area contributed by atoms with Gasteiger partial charge in [0, 0.05) is 6.20 Å². The lowest BCUT2D eigenvalue weighted by atomic mass is 10.1. The molecule has 1 heterocycles. The lowest BCUT2D eigenvalue weighted by Gasteiger charge is -2.03. The second-order valence-electron chi connectivity index (χ2n) is 4.02. The van der Waals surface area contributed by atoms with Crippen LogP contribution in [0.4, 0.5) is 0 Å². The van der Waals surface area contributed by atoms with Crippen molar-refractivity contribution in [1.82, 2.24) is 4.98 Å². The molecule has 0 radical (unpaired) electrons. The number of methoxy groups -OCH3 is 2. The van der Waals surface area contributed by atoms with E-state index in [9.17, 15) is 9.59 Å². The maximum atomic E-state index is 11.5. The molecule has 0 saturated heterocycles. The Hall–Kier alpha value is -2.69. The third-order valence-corrected chi connectivity index (χ3v) is 2.71. The number of aromatic nitrogens is 1. The number of carbonyl (C=O) groups excluding carboxylic acids is 2. The molecule has 0 unspecified atom stereocenters. The Bertz CT molecular complexity index is 614. The third-order valence-electron chi connectivity index (χ3n) is 2.71. The topological polar surface area (TPSA) is 65.5 Å². The highest BCUT2D eigenvalue weighted by Crippen LogP contribution is 2.14. The van der Waals surface area contributed by atoms with Gasteiger partial charge < -0.3 is 9.47 Å². The summed E-state index contributed by atoms with van der Waals surface area (Å²) >= 11 is 0. The number of hydrogen-bond acceptors (Lipinski definition) is 5. The zero-order valence-electron chi connectivity index (χ0n) is 12.3. The van der Waals surface area contributed by atoms with Gasteiger partial charge >= 0.3 is 11.9 Å². The second kappa shape index (κ2) is 7.79. The van der Waals surface area contributed by atoms with Gasteiger partial charge in [0.25, 0.3) is 0 Å². The summed E-state index contributed by atoms with van der Waals surface area (Å²) in [7, 11) is 2.63. The maximum absolute atomic E-state index is 11.5. The summed E-state index contributed by atoms with van der Waals surface area (Å²) in [6, 6.07) is 3.13. The quantitative estimate of drug-likeness (QED) is 0.473. The van der Waals surface area contributed by atoms with Crippen molar-refractivity contribution in [3.63, 3.8) is 0 Å². The molecule has 1 aromatic rings. The van der Waals surface area contributed by atoms with Crippen molar-refractivity contribution in [3.05, 3.63) is 60.0 Å². The Morgan fingerprint density at radius 2 is 1.95 bits per heavy atom. The molecule has 0 aliphatic rings. The Morgan fingerprint density at radius 1 is 1.24 bits per heavy atom. The molecule has 1 aromatic heterocycles. The second-order valence-corrected chi connectivity index (χ2v) is 4.02. The van der Waals surface area contributed by atoms with E-state index in [1.165, 1.54) is 20.4 Å². The molecule has 0 bridgehead atoms. The van der Waals surface area contributed by atoms with E-state index in [2.05, 4.69) is 21.0 Å². The number of esters is 2. The summed E-state index contributed by atoms with van der Waals surface area (Å²) in [6.45, 7) is 5.59. The van der Waals surface area contributed by atoms with Crippen molar-refractivity contribution in [2.75, 3.05) is 14.2 Å². The predicted molar refractivity (Wildman–Crippen MR) is 79.5 cm³/mol. The van der Waals surface area contributed by atoms with Gasteiger partial charge in [-0.2, -0.15) is 0 Å². The first kappa shape index (κ1) is 16.4. The van der Waals surface area contributed by atoms with Gasteiger partial charge in [0.1, 0.15) is 0 Å². The van der Waals surface area contributed by atoms with Crippen LogP contribution in [-0.2, 0) is 14.3 Å². The molecule has 0 atom stereocenters. The zero-order chi connectivity index (χ0) is 15.8. The fourth-order valence-corrected chi connectivity index (χ4v) is 1.53. The highest BCUT2D eigenvalue weighted by molar-refractivity contribution is 5.93. The number of carbonyl (C=O) groups is 2. The smallest absolute Gasteiger partial charge is 0.337 e. The van der Waals surface area contributed by atoms with Gasteiger partial charge in [0.2, 0.25) is 0 Å². The van der Waals surface area contributed by atoms with Crippen LogP contribution in [0.25, 0.3) is 5.57 Å². The molecule has 5 nitrogen and oxygen atoms in total. The van der Waals surface area contributed by atoms with Crippen molar-refractivity contribution in [2.45, 2.75) is 6.92 Å². The zero-order valence-corrected chi connectivity index (χ0v) is 12.3. The number of pyridine rings is 1. The first-order chi connectivity index (χ1) is 10.0. The summed E-state index contributed by atoms with van der Waals surface area (Å²) in [5.74, 6) is -0.878. The Labute approximate surface area is 123 Å². The van der Waals surface area contributed by atoms with E-state index in [4.69, 9.17) is 0 Å². The molecule has 0 saturated carbocycles. The van der Waals surface area contributed by atoms with Crippen LogP contribution in [0.1, 0.15) is 23.0 Å². The predicted octanol–water partition coefficient (Wildman–Crippen LogP) is 2.56. The number of nitrogens with zero attached hydrogens (tertiary/aromatic N) is 1. The van der Waals surface area contributed by atoms with Crippen molar-refractivity contribution in [1.29, 1.82) is 0 Å². The van der Waals surface area contributed by atoms with Crippen molar-refractivity contribution < 1.29 is 19.1 Å². The summed E-state index contributed by atoms with van der Waals surface area (Å²) < 4.78 is 9.29. The van der Waals surface area contributed by atoms with E-state index in [1.807, 2.05) is 0 Å². The summed E-state index contributed by atoms with van der Waals surface area (Å²) in [5, 5.41) is 0.